The van der Waals surface area contributed by atoms with E-state index >= 15 is 0 Å². The molecular formula is C16H24N2O. The van der Waals surface area contributed by atoms with Crippen LogP contribution in [0.25, 0.3) is 0 Å². The Bertz CT molecular complexity index is 387. The highest BCUT2D eigenvalue weighted by Crippen LogP contribution is 2.27. The Balaban J connectivity index is 1.55. The number of rotatable bonds is 8. The summed E-state index contributed by atoms with van der Waals surface area (Å²) in [6.07, 6.45) is 4.65. The first-order valence-electron chi connectivity index (χ1n) is 7.30. The van der Waals surface area contributed by atoms with E-state index in [1.54, 1.807) is 0 Å². The molecule has 1 amide bonds. The van der Waals surface area contributed by atoms with Gasteiger partial charge >= 0.3 is 0 Å². The molecule has 1 aromatic rings. The molecule has 1 aliphatic carbocycles. The fourth-order valence-corrected chi connectivity index (χ4v) is 2.06. The predicted octanol–water partition coefficient (Wildman–Crippen LogP) is 2.12. The van der Waals surface area contributed by atoms with Crippen LogP contribution >= 0.6 is 0 Å². The minimum Gasteiger partial charge on any atom is -0.355 e. The SMILES string of the molecule is CC(NCC1CC1)C(=O)NCCCc1ccccc1. The number of carbonyl (C=O) groups excluding carboxylic acids is 1. The fraction of sp³-hybridized carbons (Fsp3) is 0.562. The summed E-state index contributed by atoms with van der Waals surface area (Å²) in [5.41, 5.74) is 1.33. The van der Waals surface area contributed by atoms with Crippen LogP contribution in [0.4, 0.5) is 0 Å². The second-order valence-electron chi connectivity index (χ2n) is 5.45. The summed E-state index contributed by atoms with van der Waals surface area (Å²) in [7, 11) is 0. The van der Waals surface area contributed by atoms with Crippen molar-refractivity contribution in [2.75, 3.05) is 13.1 Å². The van der Waals surface area contributed by atoms with Gasteiger partial charge in [-0.25, -0.2) is 0 Å². The molecular weight excluding hydrogens is 236 g/mol. The van der Waals surface area contributed by atoms with Gasteiger partial charge in [0.25, 0.3) is 0 Å². The maximum Gasteiger partial charge on any atom is 0.236 e. The zero-order valence-electron chi connectivity index (χ0n) is 11.7. The van der Waals surface area contributed by atoms with E-state index in [4.69, 9.17) is 0 Å². The van der Waals surface area contributed by atoms with Crippen LogP contribution in [-0.4, -0.2) is 25.0 Å². The van der Waals surface area contributed by atoms with E-state index in [1.807, 2.05) is 13.0 Å². The Hall–Kier alpha value is -1.35. The van der Waals surface area contributed by atoms with E-state index in [0.717, 1.165) is 31.8 Å². The van der Waals surface area contributed by atoms with Crippen LogP contribution in [0.3, 0.4) is 0 Å². The van der Waals surface area contributed by atoms with Gasteiger partial charge < -0.3 is 10.6 Å². The van der Waals surface area contributed by atoms with Gasteiger partial charge in [-0.2, -0.15) is 0 Å². The molecule has 0 bridgehead atoms. The highest BCUT2D eigenvalue weighted by Gasteiger charge is 2.22. The van der Waals surface area contributed by atoms with Gasteiger partial charge in [0.05, 0.1) is 6.04 Å². The monoisotopic (exact) mass is 260 g/mol. The molecule has 0 aromatic heterocycles. The van der Waals surface area contributed by atoms with Crippen molar-refractivity contribution in [2.24, 2.45) is 5.92 Å². The number of amides is 1. The average molecular weight is 260 g/mol. The topological polar surface area (TPSA) is 41.1 Å². The lowest BCUT2D eigenvalue weighted by atomic mass is 10.1. The average Bonchev–Trinajstić information content (AvgIpc) is 3.26. The normalized spacial score (nSPS) is 16.1. The second-order valence-corrected chi connectivity index (χ2v) is 5.45. The van der Waals surface area contributed by atoms with Crippen LogP contribution in [0.5, 0.6) is 0 Å². The number of hydrogen-bond donors (Lipinski definition) is 2. The van der Waals surface area contributed by atoms with E-state index in [-0.39, 0.29) is 11.9 Å². The van der Waals surface area contributed by atoms with E-state index < -0.39 is 0 Å². The van der Waals surface area contributed by atoms with Gasteiger partial charge in [0, 0.05) is 6.54 Å². The van der Waals surface area contributed by atoms with Gasteiger partial charge in [-0.1, -0.05) is 30.3 Å². The van der Waals surface area contributed by atoms with Crippen LogP contribution < -0.4 is 10.6 Å². The molecule has 0 radical (unpaired) electrons. The highest BCUT2D eigenvalue weighted by molar-refractivity contribution is 5.81. The molecule has 1 aliphatic rings. The van der Waals surface area contributed by atoms with Crippen molar-refractivity contribution in [1.29, 1.82) is 0 Å². The molecule has 0 saturated heterocycles. The molecule has 0 spiro atoms. The van der Waals surface area contributed by atoms with Crippen molar-refractivity contribution >= 4 is 5.91 Å². The van der Waals surface area contributed by atoms with Crippen LogP contribution in [-0.2, 0) is 11.2 Å². The summed E-state index contributed by atoms with van der Waals surface area (Å²) < 4.78 is 0. The van der Waals surface area contributed by atoms with E-state index in [2.05, 4.69) is 34.9 Å². The predicted molar refractivity (Wildman–Crippen MR) is 78.0 cm³/mol. The maximum atomic E-state index is 11.8. The lowest BCUT2D eigenvalue weighted by Crippen LogP contribution is -2.43. The standard InChI is InChI=1S/C16H24N2O/c1-13(18-12-15-9-10-15)16(19)17-11-5-8-14-6-3-2-4-7-14/h2-4,6-7,13,15,18H,5,8-12H2,1H3,(H,17,19). The Kier molecular flexibility index (Phi) is 5.40. The second kappa shape index (κ2) is 7.29. The van der Waals surface area contributed by atoms with E-state index in [9.17, 15) is 4.79 Å². The molecule has 1 atom stereocenters. The third kappa shape index (κ3) is 5.43. The quantitative estimate of drug-likeness (QED) is 0.703. The maximum absolute atomic E-state index is 11.8. The molecule has 104 valence electrons. The Morgan fingerprint density at radius 1 is 1.32 bits per heavy atom. The molecule has 19 heavy (non-hydrogen) atoms. The molecule has 2 rings (SSSR count). The summed E-state index contributed by atoms with van der Waals surface area (Å²) in [5, 5.41) is 6.29. The Labute approximate surface area is 115 Å². The third-order valence-electron chi connectivity index (χ3n) is 3.59. The Morgan fingerprint density at radius 2 is 2.05 bits per heavy atom. The van der Waals surface area contributed by atoms with Gasteiger partial charge in [0.2, 0.25) is 5.91 Å². The lowest BCUT2D eigenvalue weighted by Gasteiger charge is -2.13. The molecule has 1 saturated carbocycles. The molecule has 3 heteroatoms. The molecule has 3 nitrogen and oxygen atoms in total. The van der Waals surface area contributed by atoms with Crippen molar-refractivity contribution in [1.82, 2.24) is 10.6 Å². The van der Waals surface area contributed by atoms with Crippen molar-refractivity contribution in [3.63, 3.8) is 0 Å². The Morgan fingerprint density at radius 3 is 2.74 bits per heavy atom. The number of carbonyl (C=O) groups is 1. The molecule has 1 fully saturated rings. The van der Waals surface area contributed by atoms with Crippen LogP contribution in [0.1, 0.15) is 31.7 Å². The first kappa shape index (κ1) is 14.1. The van der Waals surface area contributed by atoms with Gasteiger partial charge in [0.1, 0.15) is 0 Å². The third-order valence-corrected chi connectivity index (χ3v) is 3.59. The minimum absolute atomic E-state index is 0.0719. The highest BCUT2D eigenvalue weighted by atomic mass is 16.2. The minimum atomic E-state index is -0.0719. The molecule has 2 N–H and O–H groups in total. The summed E-state index contributed by atoms with van der Waals surface area (Å²) in [6.45, 7) is 3.68. The molecule has 0 aliphatic heterocycles. The molecule has 0 heterocycles. The number of nitrogens with one attached hydrogen (secondary N) is 2. The van der Waals surface area contributed by atoms with Crippen LogP contribution in [0, 0.1) is 5.92 Å². The lowest BCUT2D eigenvalue weighted by molar-refractivity contribution is -0.122. The van der Waals surface area contributed by atoms with Crippen molar-refractivity contribution in [3.8, 4) is 0 Å². The molecule has 1 unspecified atom stereocenters. The van der Waals surface area contributed by atoms with E-state index in [1.165, 1.54) is 18.4 Å². The van der Waals surface area contributed by atoms with Gasteiger partial charge in [-0.05, 0) is 50.6 Å². The summed E-state index contributed by atoms with van der Waals surface area (Å²) >= 11 is 0. The first-order valence-corrected chi connectivity index (χ1v) is 7.30. The zero-order valence-corrected chi connectivity index (χ0v) is 11.7. The largest absolute Gasteiger partial charge is 0.355 e. The number of benzene rings is 1. The zero-order chi connectivity index (χ0) is 13.5. The summed E-state index contributed by atoms with van der Waals surface area (Å²) in [6, 6.07) is 10.3. The van der Waals surface area contributed by atoms with Crippen molar-refractivity contribution < 1.29 is 4.79 Å². The van der Waals surface area contributed by atoms with Gasteiger partial charge in [-0.3, -0.25) is 4.79 Å². The van der Waals surface area contributed by atoms with Gasteiger partial charge in [-0.15, -0.1) is 0 Å². The van der Waals surface area contributed by atoms with E-state index in [0.29, 0.717) is 0 Å². The van der Waals surface area contributed by atoms with Crippen molar-refractivity contribution in [2.45, 2.75) is 38.6 Å². The smallest absolute Gasteiger partial charge is 0.236 e. The first-order chi connectivity index (χ1) is 9.25. The molecule has 1 aromatic carbocycles. The van der Waals surface area contributed by atoms with Crippen molar-refractivity contribution in [3.05, 3.63) is 35.9 Å². The number of aryl methyl sites for hydroxylation is 1. The summed E-state index contributed by atoms with van der Waals surface area (Å²) in [5.74, 6) is 0.932. The van der Waals surface area contributed by atoms with Crippen LogP contribution in [0.15, 0.2) is 30.3 Å². The van der Waals surface area contributed by atoms with Gasteiger partial charge in [0.15, 0.2) is 0 Å². The van der Waals surface area contributed by atoms with Crippen LogP contribution in [0.2, 0.25) is 0 Å². The number of hydrogen-bond acceptors (Lipinski definition) is 2. The fourth-order valence-electron chi connectivity index (χ4n) is 2.06. The summed E-state index contributed by atoms with van der Waals surface area (Å²) in [4.78, 5) is 11.8.